The molecule has 32 heavy (non-hydrogen) atoms. The van der Waals surface area contributed by atoms with Gasteiger partial charge in [-0.1, -0.05) is 18.2 Å². The Kier molecular flexibility index (Phi) is 6.46. The van der Waals surface area contributed by atoms with Crippen LogP contribution in [0.1, 0.15) is 18.5 Å². The molecule has 0 atom stereocenters. The molecular formula is C23H25N5O4. The van der Waals surface area contributed by atoms with Crippen LogP contribution in [-0.2, 0) is 22.7 Å². The maximum atomic E-state index is 9.10. The largest absolute Gasteiger partial charge is 0.473 e. The fourth-order valence-electron chi connectivity index (χ4n) is 4.05. The number of likely N-dealkylation sites (tertiary alicyclic amines) is 1. The molecule has 4 aromatic rings. The van der Waals surface area contributed by atoms with Crippen LogP contribution in [0, 0.1) is 5.92 Å². The zero-order chi connectivity index (χ0) is 22.5. The normalized spacial score (nSPS) is 14.9. The SMILES string of the molecule is O=C(O)C(=O)O.c1ccc2c(c1)ncn2CC1CCN(Cc2cn3ccccc3n2)CC1. The van der Waals surface area contributed by atoms with Crippen LogP contribution in [0.2, 0.25) is 0 Å². The molecule has 9 nitrogen and oxygen atoms in total. The molecule has 2 N–H and O–H groups in total. The molecule has 0 aliphatic carbocycles. The highest BCUT2D eigenvalue weighted by molar-refractivity contribution is 6.27. The van der Waals surface area contributed by atoms with E-state index in [0.717, 1.165) is 49.0 Å². The summed E-state index contributed by atoms with van der Waals surface area (Å²) in [4.78, 5) is 30.0. The van der Waals surface area contributed by atoms with Gasteiger partial charge in [0, 0.05) is 25.5 Å². The van der Waals surface area contributed by atoms with Crippen LogP contribution < -0.4 is 0 Å². The molecule has 0 amide bonds. The molecule has 0 radical (unpaired) electrons. The van der Waals surface area contributed by atoms with E-state index >= 15 is 0 Å². The van der Waals surface area contributed by atoms with Gasteiger partial charge in [0.15, 0.2) is 0 Å². The van der Waals surface area contributed by atoms with Crippen LogP contribution in [0.4, 0.5) is 0 Å². The first-order valence-corrected chi connectivity index (χ1v) is 10.5. The van der Waals surface area contributed by atoms with Gasteiger partial charge in [-0.3, -0.25) is 4.90 Å². The molecule has 5 rings (SSSR count). The summed E-state index contributed by atoms with van der Waals surface area (Å²) >= 11 is 0. The van der Waals surface area contributed by atoms with E-state index in [4.69, 9.17) is 24.8 Å². The molecule has 9 heteroatoms. The molecule has 0 bridgehead atoms. The highest BCUT2D eigenvalue weighted by Gasteiger charge is 2.21. The molecule has 1 aromatic carbocycles. The summed E-state index contributed by atoms with van der Waals surface area (Å²) in [6.07, 6.45) is 8.68. The lowest BCUT2D eigenvalue weighted by atomic mass is 9.96. The van der Waals surface area contributed by atoms with Gasteiger partial charge in [-0.15, -0.1) is 0 Å². The number of carboxylic acid groups (broad SMARTS) is 2. The number of imidazole rings is 2. The number of piperidine rings is 1. The van der Waals surface area contributed by atoms with E-state index < -0.39 is 11.9 Å². The maximum Gasteiger partial charge on any atom is 0.414 e. The van der Waals surface area contributed by atoms with Crippen molar-refractivity contribution in [1.29, 1.82) is 0 Å². The second kappa shape index (κ2) is 9.61. The minimum absolute atomic E-state index is 0.727. The Morgan fingerprint density at radius 1 is 1.00 bits per heavy atom. The molecule has 0 unspecified atom stereocenters. The van der Waals surface area contributed by atoms with Crippen molar-refractivity contribution in [3.8, 4) is 0 Å². The lowest BCUT2D eigenvalue weighted by Crippen LogP contribution is -2.34. The molecule has 1 aliphatic heterocycles. The van der Waals surface area contributed by atoms with Gasteiger partial charge in [-0.25, -0.2) is 19.6 Å². The van der Waals surface area contributed by atoms with Crippen molar-refractivity contribution in [3.63, 3.8) is 0 Å². The van der Waals surface area contributed by atoms with Gasteiger partial charge in [0.1, 0.15) is 5.65 Å². The molecule has 166 valence electrons. The highest BCUT2D eigenvalue weighted by Crippen LogP contribution is 2.22. The predicted molar refractivity (Wildman–Crippen MR) is 118 cm³/mol. The number of rotatable bonds is 4. The van der Waals surface area contributed by atoms with Crippen LogP contribution in [0.3, 0.4) is 0 Å². The second-order valence-corrected chi connectivity index (χ2v) is 7.91. The number of pyridine rings is 1. The minimum atomic E-state index is -1.82. The van der Waals surface area contributed by atoms with Gasteiger partial charge in [0.05, 0.1) is 23.1 Å². The molecule has 1 saturated heterocycles. The number of nitrogens with zero attached hydrogens (tertiary/aromatic N) is 5. The fourth-order valence-corrected chi connectivity index (χ4v) is 4.05. The number of aliphatic carboxylic acids is 2. The molecule has 1 aliphatic rings. The van der Waals surface area contributed by atoms with Gasteiger partial charge in [0.25, 0.3) is 0 Å². The fraction of sp³-hybridized carbons (Fsp3) is 0.304. The van der Waals surface area contributed by atoms with Crippen molar-refractivity contribution in [2.45, 2.75) is 25.9 Å². The highest BCUT2D eigenvalue weighted by atomic mass is 16.4. The third kappa shape index (κ3) is 5.12. The number of para-hydroxylation sites is 2. The lowest BCUT2D eigenvalue weighted by molar-refractivity contribution is -0.159. The Balaban J connectivity index is 0.000000363. The maximum absolute atomic E-state index is 9.10. The average Bonchev–Trinajstić information content (AvgIpc) is 3.39. The topological polar surface area (TPSA) is 113 Å². The van der Waals surface area contributed by atoms with Crippen molar-refractivity contribution in [2.24, 2.45) is 5.92 Å². The van der Waals surface area contributed by atoms with E-state index in [1.165, 1.54) is 18.4 Å². The number of carbonyl (C=O) groups is 2. The molecule has 0 spiro atoms. The van der Waals surface area contributed by atoms with Gasteiger partial charge in [-0.2, -0.15) is 0 Å². The number of hydrogen-bond donors (Lipinski definition) is 2. The first-order valence-electron chi connectivity index (χ1n) is 10.5. The van der Waals surface area contributed by atoms with E-state index in [1.54, 1.807) is 0 Å². The van der Waals surface area contributed by atoms with E-state index in [0.29, 0.717) is 0 Å². The van der Waals surface area contributed by atoms with Gasteiger partial charge >= 0.3 is 11.9 Å². The molecule has 1 fully saturated rings. The number of aromatic nitrogens is 4. The number of fused-ring (bicyclic) bond motifs is 2. The van der Waals surface area contributed by atoms with Crippen LogP contribution in [0.25, 0.3) is 16.7 Å². The van der Waals surface area contributed by atoms with Crippen LogP contribution >= 0.6 is 0 Å². The third-order valence-electron chi connectivity index (χ3n) is 5.67. The molecule has 0 saturated carbocycles. The Bertz CT molecular complexity index is 1180. The molecule has 3 aromatic heterocycles. The first kappa shape index (κ1) is 21.5. The van der Waals surface area contributed by atoms with Crippen molar-refractivity contribution in [1.82, 2.24) is 23.8 Å². The summed E-state index contributed by atoms with van der Waals surface area (Å²) in [5.74, 6) is -2.92. The van der Waals surface area contributed by atoms with Crippen molar-refractivity contribution >= 4 is 28.6 Å². The van der Waals surface area contributed by atoms with E-state index in [-0.39, 0.29) is 0 Å². The number of hydrogen-bond acceptors (Lipinski definition) is 5. The Labute approximate surface area is 184 Å². The number of benzene rings is 1. The summed E-state index contributed by atoms with van der Waals surface area (Å²) in [6, 6.07) is 14.5. The summed E-state index contributed by atoms with van der Waals surface area (Å²) in [5, 5.41) is 14.8. The molecule has 4 heterocycles. The van der Waals surface area contributed by atoms with Gasteiger partial charge in [0.2, 0.25) is 0 Å². The Morgan fingerprint density at radius 2 is 1.72 bits per heavy atom. The Hall–Kier alpha value is -3.72. The van der Waals surface area contributed by atoms with Gasteiger partial charge < -0.3 is 19.2 Å². The van der Waals surface area contributed by atoms with E-state index in [9.17, 15) is 0 Å². The zero-order valence-electron chi connectivity index (χ0n) is 17.5. The van der Waals surface area contributed by atoms with Crippen molar-refractivity contribution in [3.05, 3.63) is 66.9 Å². The summed E-state index contributed by atoms with van der Waals surface area (Å²) in [7, 11) is 0. The number of carboxylic acids is 2. The van der Waals surface area contributed by atoms with E-state index in [2.05, 4.69) is 61.6 Å². The Morgan fingerprint density at radius 3 is 2.44 bits per heavy atom. The summed E-state index contributed by atoms with van der Waals surface area (Å²) in [5.41, 5.74) is 4.54. The van der Waals surface area contributed by atoms with Crippen LogP contribution in [0.5, 0.6) is 0 Å². The average molecular weight is 435 g/mol. The monoisotopic (exact) mass is 435 g/mol. The zero-order valence-corrected chi connectivity index (χ0v) is 17.5. The van der Waals surface area contributed by atoms with Crippen LogP contribution in [-0.4, -0.2) is 59.1 Å². The first-order chi connectivity index (χ1) is 15.5. The quantitative estimate of drug-likeness (QED) is 0.474. The van der Waals surface area contributed by atoms with Gasteiger partial charge in [-0.05, 0) is 56.1 Å². The standard InChI is InChI=1S/C21H23N5.C2H2O4/c1-2-6-20-19(5-1)22-16-26(20)13-17-8-11-24(12-9-17)14-18-15-25-10-4-3-7-21(25)23-18;3-1(4)2(5)6/h1-7,10,15-17H,8-9,11-14H2;(H,3,4)(H,5,6). The molecular weight excluding hydrogens is 410 g/mol. The lowest BCUT2D eigenvalue weighted by Gasteiger charge is -2.31. The second-order valence-electron chi connectivity index (χ2n) is 7.91. The predicted octanol–water partition coefficient (Wildman–Crippen LogP) is 2.75. The smallest absolute Gasteiger partial charge is 0.414 e. The minimum Gasteiger partial charge on any atom is -0.473 e. The van der Waals surface area contributed by atoms with Crippen molar-refractivity contribution in [2.75, 3.05) is 13.1 Å². The van der Waals surface area contributed by atoms with E-state index in [1.807, 2.05) is 18.5 Å². The van der Waals surface area contributed by atoms with Crippen LogP contribution in [0.15, 0.2) is 61.2 Å². The van der Waals surface area contributed by atoms with Crippen molar-refractivity contribution < 1.29 is 19.8 Å². The summed E-state index contributed by atoms with van der Waals surface area (Å²) in [6.45, 7) is 4.31. The summed E-state index contributed by atoms with van der Waals surface area (Å²) < 4.78 is 4.42. The third-order valence-corrected chi connectivity index (χ3v) is 5.67.